The maximum atomic E-state index is 13.4. The maximum absolute atomic E-state index is 13.4. The molecule has 1 heterocycles. The Bertz CT molecular complexity index is 2610. The number of nitriles is 1. The minimum Gasteiger partial charge on any atom is -0.489 e. The first kappa shape index (κ1) is 43.5. The number of fused-ring (bicyclic) bond motifs is 1. The first-order valence-electron chi connectivity index (χ1n) is 17.1. The average molecular weight is 851 g/mol. The summed E-state index contributed by atoms with van der Waals surface area (Å²) in [6.07, 6.45) is 1.44. The van der Waals surface area contributed by atoms with E-state index in [0.717, 1.165) is 6.07 Å². The van der Waals surface area contributed by atoms with Crippen molar-refractivity contribution in [2.75, 3.05) is 44.9 Å². The number of carbonyl (C=O) groups is 3. The van der Waals surface area contributed by atoms with E-state index in [-0.39, 0.29) is 70.6 Å². The summed E-state index contributed by atoms with van der Waals surface area (Å²) in [6.45, 7) is 3.20. The molecule has 0 atom stereocenters. The van der Waals surface area contributed by atoms with Crippen molar-refractivity contribution in [3.05, 3.63) is 77.9 Å². The molecule has 24 heteroatoms. The standard InChI is InChI=1S/C35H34N10O12S2/c1-20-14-28(39-32(46)21-2-5-23(6-3-21)42-45-31-33(47)40-35(38-19-37)41-34(31)48)29(57-13-12-56-11-10-55-9-8-36)18-27(20)44-43-24-7-4-22-15-25(58(49,50)51)17-30(26(22)16-24)59(52,53)54/h2-7,14-18,31H,8-13,36H2,1H3,(H,39,46)(H,49,50,51)(H,52,53,54)(H2,38,40,41,47,48). The third-order valence-corrected chi connectivity index (χ3v) is 9.67. The van der Waals surface area contributed by atoms with E-state index in [0.29, 0.717) is 31.4 Å². The molecule has 0 radical (unpaired) electrons. The van der Waals surface area contributed by atoms with Crippen molar-refractivity contribution in [1.82, 2.24) is 10.6 Å². The zero-order valence-electron chi connectivity index (χ0n) is 30.7. The molecule has 0 saturated carbocycles. The van der Waals surface area contributed by atoms with Gasteiger partial charge in [0.15, 0.2) is 0 Å². The van der Waals surface area contributed by atoms with Crippen LogP contribution in [-0.4, -0.2) is 95.2 Å². The number of amides is 3. The van der Waals surface area contributed by atoms with Crippen molar-refractivity contribution < 1.29 is 54.5 Å². The summed E-state index contributed by atoms with van der Waals surface area (Å²) in [7, 11) is -9.76. The van der Waals surface area contributed by atoms with Crippen LogP contribution in [0.5, 0.6) is 5.75 Å². The molecular weight excluding hydrogens is 817 g/mol. The van der Waals surface area contributed by atoms with Gasteiger partial charge in [-0.25, -0.2) is 0 Å². The second kappa shape index (κ2) is 19.2. The molecule has 59 heavy (non-hydrogen) atoms. The molecule has 308 valence electrons. The highest BCUT2D eigenvalue weighted by Gasteiger charge is 2.33. The minimum atomic E-state index is -4.95. The van der Waals surface area contributed by atoms with Gasteiger partial charge in [-0.3, -0.25) is 34.1 Å². The maximum Gasteiger partial charge on any atom is 0.295 e. The molecule has 0 aliphatic carbocycles. The Hall–Kier alpha value is -6.59. The van der Waals surface area contributed by atoms with Gasteiger partial charge >= 0.3 is 0 Å². The number of hydrogen-bond acceptors (Lipinski definition) is 17. The van der Waals surface area contributed by atoms with E-state index >= 15 is 0 Å². The number of ether oxygens (including phenoxy) is 3. The molecule has 0 unspecified atom stereocenters. The Labute approximate surface area is 335 Å². The van der Waals surface area contributed by atoms with Gasteiger partial charge < -0.3 is 25.3 Å². The van der Waals surface area contributed by atoms with Gasteiger partial charge in [-0.05, 0) is 72.5 Å². The normalized spacial score (nSPS) is 14.6. The number of rotatable bonds is 17. The van der Waals surface area contributed by atoms with Crippen LogP contribution < -0.4 is 26.4 Å². The van der Waals surface area contributed by atoms with Crippen molar-refractivity contribution in [2.45, 2.75) is 22.8 Å². The van der Waals surface area contributed by atoms with Crippen molar-refractivity contribution in [2.24, 2.45) is 31.2 Å². The molecular formula is C35H34N10O12S2. The highest BCUT2D eigenvalue weighted by Crippen LogP contribution is 2.36. The highest BCUT2D eigenvalue weighted by molar-refractivity contribution is 7.86. The lowest BCUT2D eigenvalue weighted by Gasteiger charge is -2.18. The summed E-state index contributed by atoms with van der Waals surface area (Å²) in [6, 6.07) is 12.9. The van der Waals surface area contributed by atoms with Gasteiger partial charge in [0.1, 0.15) is 17.3 Å². The van der Waals surface area contributed by atoms with Gasteiger partial charge in [-0.1, -0.05) is 6.07 Å². The van der Waals surface area contributed by atoms with Crippen LogP contribution >= 0.6 is 0 Å². The first-order chi connectivity index (χ1) is 28.1. The van der Waals surface area contributed by atoms with E-state index in [2.05, 4.69) is 41.4 Å². The molecule has 1 fully saturated rings. The molecule has 7 N–H and O–H groups in total. The van der Waals surface area contributed by atoms with Gasteiger partial charge in [-0.15, -0.1) is 4.99 Å². The van der Waals surface area contributed by atoms with Crippen LogP contribution in [0.2, 0.25) is 0 Å². The number of nitrogens with two attached hydrogens (primary N) is 1. The molecule has 4 aromatic carbocycles. The summed E-state index contributed by atoms with van der Waals surface area (Å²) < 4.78 is 83.8. The monoisotopic (exact) mass is 850 g/mol. The zero-order chi connectivity index (χ0) is 42.7. The average Bonchev–Trinajstić information content (AvgIpc) is 3.18. The number of aliphatic imine (C=N–C) groups is 1. The second-order valence-corrected chi connectivity index (χ2v) is 14.9. The van der Waals surface area contributed by atoms with Gasteiger partial charge in [0.05, 0.1) is 54.1 Å². The Morgan fingerprint density at radius 3 is 2.15 bits per heavy atom. The van der Waals surface area contributed by atoms with Gasteiger partial charge in [-0.2, -0.15) is 42.6 Å². The smallest absolute Gasteiger partial charge is 0.295 e. The van der Waals surface area contributed by atoms with Crippen molar-refractivity contribution in [3.8, 4) is 11.9 Å². The van der Waals surface area contributed by atoms with Crippen LogP contribution in [0, 0.1) is 18.4 Å². The van der Waals surface area contributed by atoms with Crippen molar-refractivity contribution in [3.63, 3.8) is 0 Å². The molecule has 5 rings (SSSR count). The number of hydrogen-bond donors (Lipinski definition) is 6. The number of aryl methyl sites for hydroxylation is 1. The number of benzene rings is 4. The van der Waals surface area contributed by atoms with Crippen molar-refractivity contribution in [1.29, 1.82) is 5.26 Å². The van der Waals surface area contributed by atoms with Gasteiger partial charge in [0, 0.05) is 23.6 Å². The fraction of sp³-hybridized carbons (Fsp3) is 0.229. The summed E-state index contributed by atoms with van der Waals surface area (Å²) in [4.78, 5) is 39.6. The predicted octanol–water partition coefficient (Wildman–Crippen LogP) is 3.22. The second-order valence-electron chi connectivity index (χ2n) is 12.1. The van der Waals surface area contributed by atoms with Crippen LogP contribution in [-0.2, 0) is 39.3 Å². The molecule has 1 aliphatic heterocycles. The minimum absolute atomic E-state index is 0.0389. The molecule has 1 aliphatic rings. The molecule has 0 aromatic heterocycles. The van der Waals surface area contributed by atoms with E-state index in [1.54, 1.807) is 13.0 Å². The fourth-order valence-corrected chi connectivity index (χ4v) is 6.52. The SMILES string of the molecule is Cc1cc(NC(=O)c2ccc(N=NC3C(=O)NC(=NC#N)NC3=O)cc2)c(OCCOCCOCCN)cc1N=Nc1ccc2cc(S(=O)(=O)O)cc(S(=O)(=O)O)c2c1. The van der Waals surface area contributed by atoms with Crippen LogP contribution in [0.15, 0.2) is 102 Å². The summed E-state index contributed by atoms with van der Waals surface area (Å²) in [5, 5.41) is 32.0. The third kappa shape index (κ3) is 11.7. The third-order valence-electron chi connectivity index (χ3n) is 7.95. The molecule has 3 amide bonds. The lowest BCUT2D eigenvalue weighted by Crippen LogP contribution is -2.58. The molecule has 0 bridgehead atoms. The van der Waals surface area contributed by atoms with Crippen LogP contribution in [0.4, 0.5) is 22.7 Å². The molecule has 4 aromatic rings. The quantitative estimate of drug-likeness (QED) is 0.0292. The first-order valence-corrected chi connectivity index (χ1v) is 19.9. The Morgan fingerprint density at radius 1 is 0.847 bits per heavy atom. The largest absolute Gasteiger partial charge is 0.489 e. The lowest BCUT2D eigenvalue weighted by molar-refractivity contribution is -0.131. The molecule has 1 saturated heterocycles. The summed E-state index contributed by atoms with van der Waals surface area (Å²) in [5.74, 6) is -2.39. The van der Waals surface area contributed by atoms with E-state index in [1.165, 1.54) is 54.7 Å². The number of nitrogens with one attached hydrogen (secondary N) is 3. The van der Waals surface area contributed by atoms with Crippen LogP contribution in [0.1, 0.15) is 15.9 Å². The molecule has 0 spiro atoms. The predicted molar refractivity (Wildman–Crippen MR) is 207 cm³/mol. The number of guanidine groups is 1. The number of anilines is 1. The fourth-order valence-electron chi connectivity index (χ4n) is 5.17. The molecule has 22 nitrogen and oxygen atoms in total. The van der Waals surface area contributed by atoms with E-state index < -0.39 is 53.8 Å². The van der Waals surface area contributed by atoms with Crippen LogP contribution in [0.25, 0.3) is 10.8 Å². The number of azo groups is 2. The Morgan fingerprint density at radius 2 is 1.51 bits per heavy atom. The highest BCUT2D eigenvalue weighted by atomic mass is 32.2. The van der Waals surface area contributed by atoms with Crippen LogP contribution in [0.3, 0.4) is 0 Å². The van der Waals surface area contributed by atoms with E-state index in [4.69, 9.17) is 25.2 Å². The lowest BCUT2D eigenvalue weighted by atomic mass is 10.1. The zero-order valence-corrected chi connectivity index (χ0v) is 32.4. The Balaban J connectivity index is 1.36. The number of nitrogens with zero attached hydrogens (tertiary/aromatic N) is 6. The van der Waals surface area contributed by atoms with Gasteiger partial charge in [0.2, 0.25) is 18.2 Å². The summed E-state index contributed by atoms with van der Waals surface area (Å²) >= 11 is 0. The topological polar surface area (TPSA) is 335 Å². The van der Waals surface area contributed by atoms with Gasteiger partial charge in [0.25, 0.3) is 38.0 Å². The summed E-state index contributed by atoms with van der Waals surface area (Å²) in [5.41, 5.74) is 6.95. The van der Waals surface area contributed by atoms with E-state index in [1.807, 2.05) is 0 Å². The number of carbonyl (C=O) groups excluding carboxylic acids is 3. The van der Waals surface area contributed by atoms with E-state index in [9.17, 15) is 40.3 Å². The van der Waals surface area contributed by atoms with Crippen molar-refractivity contribution >= 4 is 77.4 Å². The Kier molecular flexibility index (Phi) is 14.2.